The first-order valence-corrected chi connectivity index (χ1v) is 29.3. The predicted molar refractivity (Wildman–Crippen MR) is 293 cm³/mol. The maximum absolute atomic E-state index is 13.7. The van der Waals surface area contributed by atoms with Gasteiger partial charge in [-0.1, -0.05) is 76.1 Å². The van der Waals surface area contributed by atoms with Crippen molar-refractivity contribution in [1.82, 2.24) is 31.9 Å². The molecule has 3 aliphatic carbocycles. The number of hydrogen-bond donors (Lipinski definition) is 8. The van der Waals surface area contributed by atoms with Crippen molar-refractivity contribution < 1.29 is 47.3 Å². The van der Waals surface area contributed by atoms with Crippen molar-refractivity contribution in [2.24, 2.45) is 33.4 Å². The second-order valence-electron chi connectivity index (χ2n) is 23.4. The van der Waals surface area contributed by atoms with Gasteiger partial charge in [-0.05, 0) is 144 Å². The van der Waals surface area contributed by atoms with Crippen LogP contribution in [0, 0.1) is 23.2 Å². The molecule has 8 N–H and O–H groups in total. The van der Waals surface area contributed by atoms with Gasteiger partial charge in [0.2, 0.25) is 17.7 Å². The monoisotopic (exact) mass is 1090 g/mol. The zero-order valence-corrected chi connectivity index (χ0v) is 46.5. The van der Waals surface area contributed by atoms with Gasteiger partial charge >= 0.3 is 11.8 Å². The van der Waals surface area contributed by atoms with E-state index in [9.17, 15) is 42.6 Å². The molecule has 4 amide bonds. The molecule has 77 heavy (non-hydrogen) atoms. The summed E-state index contributed by atoms with van der Waals surface area (Å²) in [4.78, 5) is 53.2. The van der Waals surface area contributed by atoms with Crippen LogP contribution in [0.4, 0.5) is 13.2 Å². The molecule has 2 saturated heterocycles. The molecule has 7 rings (SSSR count). The summed E-state index contributed by atoms with van der Waals surface area (Å²) in [5.41, 5.74) is -0.320. The number of allylic oxidation sites excluding steroid dienone is 3. The maximum Gasteiger partial charge on any atom is 0.442 e. The highest BCUT2D eigenvalue weighted by molar-refractivity contribution is 8.00. The van der Waals surface area contributed by atoms with Crippen LogP contribution in [-0.2, 0) is 24.8 Å². The fourth-order valence-corrected chi connectivity index (χ4v) is 14.3. The first kappa shape index (κ1) is 59.9. The lowest BCUT2D eigenvalue weighted by Gasteiger charge is -2.44. The number of hydrogen-bond acceptors (Lipinski definition) is 12. The number of aliphatic hydroxyl groups excluding tert-OH is 1. The number of ether oxygens (including phenoxy) is 1. The van der Waals surface area contributed by atoms with E-state index in [1.807, 2.05) is 25.6 Å². The third-order valence-electron chi connectivity index (χ3n) is 17.0. The van der Waals surface area contributed by atoms with Crippen LogP contribution in [0.5, 0.6) is 0 Å². The number of thioether (sulfide) groups is 1. The number of fused-ring (bicyclic) bond motifs is 2. The molecule has 0 aromatic heterocycles. The lowest BCUT2D eigenvalue weighted by molar-refractivity contribution is -0.166. The van der Waals surface area contributed by atoms with E-state index in [4.69, 9.17) is 4.74 Å². The van der Waals surface area contributed by atoms with Crippen LogP contribution < -0.4 is 31.9 Å². The van der Waals surface area contributed by atoms with E-state index in [1.54, 1.807) is 0 Å². The summed E-state index contributed by atoms with van der Waals surface area (Å²) in [6, 6.07) is 3.78. The number of amides is 4. The van der Waals surface area contributed by atoms with Gasteiger partial charge < -0.3 is 46.9 Å². The number of unbranched alkanes of at least 4 members (excludes halogenated alkanes) is 1. The zero-order valence-electron chi connectivity index (χ0n) is 45.7. The quantitative estimate of drug-likeness (QED) is 0.0393. The predicted octanol–water partition coefficient (Wildman–Crippen LogP) is 8.69. The Morgan fingerprint density at radius 1 is 0.948 bits per heavy atom. The summed E-state index contributed by atoms with van der Waals surface area (Å²) in [5, 5.41) is 46.6. The Morgan fingerprint density at radius 3 is 2.38 bits per heavy atom. The molecule has 0 bridgehead atoms. The molecule has 3 unspecified atom stereocenters. The minimum Gasteiger partial charge on any atom is -0.393 e. The number of carbonyl (C=O) groups excluding carboxylic acids is 4. The Balaban J connectivity index is 0.866. The van der Waals surface area contributed by atoms with E-state index >= 15 is 0 Å². The number of halogens is 3. The minimum atomic E-state index is -4.74. The van der Waals surface area contributed by atoms with E-state index in [-0.39, 0.29) is 48.3 Å². The van der Waals surface area contributed by atoms with Gasteiger partial charge in [-0.3, -0.25) is 19.2 Å². The van der Waals surface area contributed by atoms with Gasteiger partial charge in [0.05, 0.1) is 35.7 Å². The SMILES string of the molecule is C=C1N[C@H]2CSC(CCCCC(=O)NCCCOCCCNC(=O)C(CCC(=O)NC3C[C@H](O)C/C(=C/C=C4\CCC[C@]5(C)[C@@H]([C@H](C)CCCC(C)(C)O)CC[C@@H]45)C3=C)NC(=O)c3ccc(C4(C(F)(F)F)N=N4)cc3)[C@H]2N1. The number of rotatable bonds is 27. The van der Waals surface area contributed by atoms with E-state index in [0.29, 0.717) is 86.1 Å². The smallest absolute Gasteiger partial charge is 0.393 e. The van der Waals surface area contributed by atoms with Crippen molar-refractivity contribution in [3.05, 3.63) is 83.2 Å². The van der Waals surface area contributed by atoms with Gasteiger partial charge in [-0.15, -0.1) is 10.2 Å². The number of alkyl halides is 3. The molecule has 0 radical (unpaired) electrons. The molecular formula is C58H85F3N8O7S. The second-order valence-corrected chi connectivity index (χ2v) is 24.7. The Morgan fingerprint density at radius 2 is 1.68 bits per heavy atom. The van der Waals surface area contributed by atoms with Crippen LogP contribution in [0.2, 0.25) is 0 Å². The average Bonchev–Trinajstić information content (AvgIpc) is 3.95. The Kier molecular flexibility index (Phi) is 20.6. The van der Waals surface area contributed by atoms with Crippen LogP contribution in [0.25, 0.3) is 0 Å². The molecule has 0 spiro atoms. The lowest BCUT2D eigenvalue weighted by atomic mass is 9.60. The fourth-order valence-electron chi connectivity index (χ4n) is 12.7. The molecule has 19 heteroatoms. The molecule has 3 saturated carbocycles. The molecule has 1 aromatic rings. The first-order valence-electron chi connectivity index (χ1n) is 28.2. The van der Waals surface area contributed by atoms with Crippen LogP contribution in [-0.4, -0.2) is 113 Å². The number of nitrogens with one attached hydrogen (secondary N) is 6. The zero-order chi connectivity index (χ0) is 55.5. The molecule has 3 aliphatic heterocycles. The molecule has 1 aromatic carbocycles. The van der Waals surface area contributed by atoms with E-state index in [1.165, 1.54) is 30.5 Å². The molecule has 5 fully saturated rings. The highest BCUT2D eigenvalue weighted by Gasteiger charge is 2.65. The molecule has 426 valence electrons. The van der Waals surface area contributed by atoms with Crippen LogP contribution in [0.15, 0.2) is 82.3 Å². The average molecular weight is 1100 g/mol. The standard InChI is InChI=1S/C58H85F3N8O7S/c1-36(13-9-27-55(4,5)75)44-23-24-45-39(14-10-28-56(44,45)6)17-18-41-33-43(70)34-47(37(41)2)66-51(72)26-25-46(67-53(73)40-19-21-42(22-20-40)57(68-69-57)58(59,60)61)54(74)63-30-12-32-76-31-11-29-62-50(71)16-8-7-15-49-52-48(35-77-49)64-38(3)65-52/h17-22,36,43-49,52,64-65,70,75H,2-3,7-16,23-35H2,1,4-6H3,(H,62,71)(H,63,74)(H,66,72)(H,67,73)/b39-17+,41-18-/t36-,43-,44-,45+,46?,47?,48+,49?,52+,56-/m1/s1. The normalized spacial score (nSPS) is 28.3. The van der Waals surface area contributed by atoms with Crippen molar-refractivity contribution in [2.45, 2.75) is 196 Å². The highest BCUT2D eigenvalue weighted by Crippen LogP contribution is 2.60. The third-order valence-corrected chi connectivity index (χ3v) is 18.6. The van der Waals surface area contributed by atoms with Gasteiger partial charge in [0, 0.05) is 61.3 Å². The Labute approximate surface area is 457 Å². The summed E-state index contributed by atoms with van der Waals surface area (Å²) in [5.74, 6) is 1.96. The topological polar surface area (TPSA) is 215 Å². The number of aliphatic hydroxyl groups is 2. The van der Waals surface area contributed by atoms with Gasteiger partial charge in [-0.2, -0.15) is 24.9 Å². The number of nitrogens with zero attached hydrogens (tertiary/aromatic N) is 2. The van der Waals surface area contributed by atoms with Crippen LogP contribution in [0.1, 0.15) is 159 Å². The van der Waals surface area contributed by atoms with Crippen molar-refractivity contribution in [3.63, 3.8) is 0 Å². The van der Waals surface area contributed by atoms with E-state index < -0.39 is 53.3 Å². The molecule has 3 heterocycles. The summed E-state index contributed by atoms with van der Waals surface area (Å²) in [6.07, 6.45) is 12.3. The third kappa shape index (κ3) is 16.0. The van der Waals surface area contributed by atoms with Crippen molar-refractivity contribution in [1.29, 1.82) is 0 Å². The fraction of sp³-hybridized carbons (Fsp3) is 0.690. The van der Waals surface area contributed by atoms with Gasteiger partial charge in [0.1, 0.15) is 6.04 Å². The summed E-state index contributed by atoms with van der Waals surface area (Å²) < 4.78 is 46.7. The number of carbonyl (C=O) groups is 4. The van der Waals surface area contributed by atoms with E-state index in [0.717, 1.165) is 87.1 Å². The lowest BCUT2D eigenvalue weighted by Crippen LogP contribution is -2.48. The molecule has 15 nitrogen and oxygen atoms in total. The number of benzene rings is 1. The largest absolute Gasteiger partial charge is 0.442 e. The Bertz CT molecular complexity index is 2350. The molecule has 10 atom stereocenters. The summed E-state index contributed by atoms with van der Waals surface area (Å²) in [7, 11) is 0. The molecular weight excluding hydrogens is 1010 g/mol. The Hall–Kier alpha value is -4.72. The second kappa shape index (κ2) is 26.5. The van der Waals surface area contributed by atoms with Crippen molar-refractivity contribution in [2.75, 3.05) is 32.1 Å². The molecule has 6 aliphatic rings. The minimum absolute atomic E-state index is 0.00200. The summed E-state index contributed by atoms with van der Waals surface area (Å²) >= 11 is 1.97. The summed E-state index contributed by atoms with van der Waals surface area (Å²) in [6.45, 7) is 18.4. The van der Waals surface area contributed by atoms with Crippen LogP contribution >= 0.6 is 11.8 Å². The maximum atomic E-state index is 13.7. The first-order chi connectivity index (χ1) is 36.6. The van der Waals surface area contributed by atoms with Crippen LogP contribution in [0.3, 0.4) is 0 Å². The van der Waals surface area contributed by atoms with Gasteiger partial charge in [-0.25, -0.2) is 0 Å². The van der Waals surface area contributed by atoms with Crippen molar-refractivity contribution in [3.8, 4) is 0 Å². The van der Waals surface area contributed by atoms with Gasteiger partial charge in [0.25, 0.3) is 5.91 Å². The highest BCUT2D eigenvalue weighted by atomic mass is 32.2. The van der Waals surface area contributed by atoms with Gasteiger partial charge in [0.15, 0.2) is 0 Å². The van der Waals surface area contributed by atoms with Crippen molar-refractivity contribution >= 4 is 35.4 Å². The van der Waals surface area contributed by atoms with E-state index in [2.05, 4.69) is 81.3 Å².